The number of Topliss-reactive ketones (excluding diaryl/α,β-unsaturated/α-hetero) is 1. The van der Waals surface area contributed by atoms with Crippen molar-refractivity contribution in [1.82, 2.24) is 0 Å². The van der Waals surface area contributed by atoms with Crippen LogP contribution in [0.2, 0.25) is 0 Å². The lowest BCUT2D eigenvalue weighted by molar-refractivity contribution is -0.115. The topological polar surface area (TPSA) is 68.1 Å². The number of rotatable bonds is 9. The number of ether oxygens (including phenoxy) is 2. The summed E-state index contributed by atoms with van der Waals surface area (Å²) in [5, 5.41) is 10.4. The number of ketones is 1. The summed E-state index contributed by atoms with van der Waals surface area (Å²) in [6, 6.07) is 16.0. The van der Waals surface area contributed by atoms with E-state index in [4.69, 9.17) is 14.5 Å². The van der Waals surface area contributed by atoms with Crippen LogP contribution in [0.15, 0.2) is 64.9 Å². The Morgan fingerprint density at radius 3 is 2.41 bits per heavy atom. The molecule has 0 amide bonds. The van der Waals surface area contributed by atoms with Gasteiger partial charge >= 0.3 is 0 Å². The molecule has 5 heteroatoms. The molecule has 1 atom stereocenters. The maximum absolute atomic E-state index is 12.9. The van der Waals surface area contributed by atoms with Crippen LogP contribution in [-0.4, -0.2) is 36.4 Å². The molecule has 0 aromatic heterocycles. The SMILES string of the molecule is CCOc1ccc(CCN=C2C[C@H](c3ccccc3)CC(=O)C2=C(O)CC)cc1OCC. The summed E-state index contributed by atoms with van der Waals surface area (Å²) in [6.07, 6.45) is 2.19. The second-order valence-corrected chi connectivity index (χ2v) is 7.84. The highest BCUT2D eigenvalue weighted by atomic mass is 16.5. The first-order valence-electron chi connectivity index (χ1n) is 11.5. The van der Waals surface area contributed by atoms with Crippen LogP contribution < -0.4 is 9.47 Å². The average molecular weight is 436 g/mol. The first-order chi connectivity index (χ1) is 15.6. The third-order valence-electron chi connectivity index (χ3n) is 5.64. The molecular weight excluding hydrogens is 402 g/mol. The molecule has 0 bridgehead atoms. The van der Waals surface area contributed by atoms with Gasteiger partial charge in [-0.15, -0.1) is 0 Å². The number of aliphatic hydroxyl groups excluding tert-OH is 1. The number of hydrogen-bond acceptors (Lipinski definition) is 5. The molecule has 1 saturated carbocycles. The van der Waals surface area contributed by atoms with Crippen LogP contribution in [0.5, 0.6) is 11.5 Å². The van der Waals surface area contributed by atoms with Crippen molar-refractivity contribution in [2.45, 2.75) is 52.4 Å². The molecule has 2 aromatic carbocycles. The average Bonchev–Trinajstić information content (AvgIpc) is 2.81. The largest absolute Gasteiger partial charge is 0.512 e. The van der Waals surface area contributed by atoms with E-state index in [0.29, 0.717) is 56.7 Å². The molecule has 0 aliphatic heterocycles. The highest BCUT2D eigenvalue weighted by Gasteiger charge is 2.31. The molecule has 1 aliphatic carbocycles. The third-order valence-corrected chi connectivity index (χ3v) is 5.64. The van der Waals surface area contributed by atoms with Crippen LogP contribution in [0.25, 0.3) is 0 Å². The number of benzene rings is 2. The van der Waals surface area contributed by atoms with E-state index in [-0.39, 0.29) is 17.5 Å². The Labute approximate surface area is 190 Å². The molecule has 1 aliphatic rings. The highest BCUT2D eigenvalue weighted by molar-refractivity contribution is 6.24. The Bertz CT molecular complexity index is 978. The minimum absolute atomic E-state index is 0.0251. The summed E-state index contributed by atoms with van der Waals surface area (Å²) in [4.78, 5) is 17.7. The summed E-state index contributed by atoms with van der Waals surface area (Å²) < 4.78 is 11.4. The minimum atomic E-state index is -0.0251. The molecule has 1 fully saturated rings. The third kappa shape index (κ3) is 5.78. The predicted octanol–water partition coefficient (Wildman–Crippen LogP) is 5.84. The zero-order chi connectivity index (χ0) is 22.9. The van der Waals surface area contributed by atoms with Gasteiger partial charge in [0, 0.05) is 25.1 Å². The van der Waals surface area contributed by atoms with E-state index in [1.165, 1.54) is 0 Å². The van der Waals surface area contributed by atoms with Crippen molar-refractivity contribution in [2.75, 3.05) is 19.8 Å². The fourth-order valence-corrected chi connectivity index (χ4v) is 4.07. The van der Waals surface area contributed by atoms with Crippen molar-refractivity contribution in [1.29, 1.82) is 0 Å². The molecule has 32 heavy (non-hydrogen) atoms. The summed E-state index contributed by atoms with van der Waals surface area (Å²) in [5.74, 6) is 1.68. The number of allylic oxidation sites excluding steroid dienone is 2. The van der Waals surface area contributed by atoms with Crippen LogP contribution in [0.4, 0.5) is 0 Å². The number of carbonyl (C=O) groups excluding carboxylic acids is 1. The van der Waals surface area contributed by atoms with Gasteiger partial charge in [0.15, 0.2) is 17.3 Å². The van der Waals surface area contributed by atoms with Crippen LogP contribution in [0.3, 0.4) is 0 Å². The monoisotopic (exact) mass is 435 g/mol. The molecule has 0 heterocycles. The van der Waals surface area contributed by atoms with Crippen LogP contribution in [0.1, 0.15) is 57.1 Å². The predicted molar refractivity (Wildman–Crippen MR) is 128 cm³/mol. The van der Waals surface area contributed by atoms with E-state index < -0.39 is 0 Å². The maximum atomic E-state index is 12.9. The summed E-state index contributed by atoms with van der Waals surface area (Å²) >= 11 is 0. The van der Waals surface area contributed by atoms with Gasteiger partial charge in [0.1, 0.15) is 5.76 Å². The lowest BCUT2D eigenvalue weighted by atomic mass is 9.79. The van der Waals surface area contributed by atoms with E-state index in [1.54, 1.807) is 0 Å². The van der Waals surface area contributed by atoms with Crippen molar-refractivity contribution < 1.29 is 19.4 Å². The summed E-state index contributed by atoms with van der Waals surface area (Å²) in [5.41, 5.74) is 3.36. The zero-order valence-corrected chi connectivity index (χ0v) is 19.3. The molecule has 5 nitrogen and oxygen atoms in total. The Balaban J connectivity index is 1.80. The Kier molecular flexibility index (Phi) is 8.48. The molecule has 2 aromatic rings. The van der Waals surface area contributed by atoms with Gasteiger partial charge in [0.05, 0.1) is 18.8 Å². The van der Waals surface area contributed by atoms with Crippen molar-refractivity contribution in [3.05, 3.63) is 71.0 Å². The quantitative estimate of drug-likeness (QED) is 0.397. The van der Waals surface area contributed by atoms with Crippen LogP contribution in [0, 0.1) is 0 Å². The van der Waals surface area contributed by atoms with Gasteiger partial charge in [0.25, 0.3) is 0 Å². The van der Waals surface area contributed by atoms with E-state index in [9.17, 15) is 9.90 Å². The van der Waals surface area contributed by atoms with Gasteiger partial charge in [-0.2, -0.15) is 0 Å². The highest BCUT2D eigenvalue weighted by Crippen LogP contribution is 2.34. The van der Waals surface area contributed by atoms with Crippen LogP contribution in [-0.2, 0) is 11.2 Å². The lowest BCUT2D eigenvalue weighted by Crippen LogP contribution is -2.27. The maximum Gasteiger partial charge on any atom is 0.168 e. The van der Waals surface area contributed by atoms with Crippen molar-refractivity contribution in [2.24, 2.45) is 4.99 Å². The molecular formula is C27H33NO4. The van der Waals surface area contributed by atoms with Crippen molar-refractivity contribution >= 4 is 11.5 Å². The summed E-state index contributed by atoms with van der Waals surface area (Å²) in [7, 11) is 0. The number of aliphatic imine (C=N–C) groups is 1. The fourth-order valence-electron chi connectivity index (χ4n) is 4.07. The van der Waals surface area contributed by atoms with E-state index in [0.717, 1.165) is 22.6 Å². The smallest absolute Gasteiger partial charge is 0.168 e. The van der Waals surface area contributed by atoms with E-state index >= 15 is 0 Å². The van der Waals surface area contributed by atoms with Gasteiger partial charge in [-0.05, 0) is 55.9 Å². The van der Waals surface area contributed by atoms with Crippen molar-refractivity contribution in [3.8, 4) is 11.5 Å². The number of nitrogens with zero attached hydrogens (tertiary/aromatic N) is 1. The lowest BCUT2D eigenvalue weighted by Gasteiger charge is -2.26. The Morgan fingerprint density at radius 2 is 1.72 bits per heavy atom. The minimum Gasteiger partial charge on any atom is -0.512 e. The molecule has 0 radical (unpaired) electrons. The number of hydrogen-bond donors (Lipinski definition) is 1. The van der Waals surface area contributed by atoms with Crippen molar-refractivity contribution in [3.63, 3.8) is 0 Å². The first kappa shape index (κ1) is 23.6. The zero-order valence-electron chi connectivity index (χ0n) is 19.3. The van der Waals surface area contributed by atoms with Gasteiger partial charge in [0.2, 0.25) is 0 Å². The van der Waals surface area contributed by atoms with Gasteiger partial charge < -0.3 is 14.6 Å². The van der Waals surface area contributed by atoms with E-state index in [2.05, 4.69) is 12.1 Å². The Morgan fingerprint density at radius 1 is 1.00 bits per heavy atom. The molecule has 170 valence electrons. The van der Waals surface area contributed by atoms with Gasteiger partial charge in [-0.25, -0.2) is 0 Å². The van der Waals surface area contributed by atoms with E-state index in [1.807, 2.05) is 57.2 Å². The second kappa shape index (κ2) is 11.5. The normalized spacial score (nSPS) is 19.2. The Hall–Kier alpha value is -3.08. The number of aliphatic hydroxyl groups is 1. The second-order valence-electron chi connectivity index (χ2n) is 7.84. The summed E-state index contributed by atoms with van der Waals surface area (Å²) in [6.45, 7) is 7.44. The van der Waals surface area contributed by atoms with Crippen LogP contribution >= 0.6 is 0 Å². The molecule has 3 rings (SSSR count). The molecule has 0 unspecified atom stereocenters. The molecule has 1 N–H and O–H groups in total. The number of carbonyl (C=O) groups is 1. The standard InChI is InChI=1S/C27H33NO4/c1-4-23(29)27-22(17-21(18-24(27)30)20-10-8-7-9-11-20)28-15-14-19-12-13-25(31-5-2)26(16-19)32-6-3/h7-13,16,21,29H,4-6,14-15,17-18H2,1-3H3/t21-/m0/s1. The van der Waals surface area contributed by atoms with Gasteiger partial charge in [-0.3, -0.25) is 9.79 Å². The molecule has 0 spiro atoms. The molecule has 0 saturated heterocycles. The first-order valence-corrected chi connectivity index (χ1v) is 11.5. The fraction of sp³-hybridized carbons (Fsp3) is 0.407. The van der Waals surface area contributed by atoms with Gasteiger partial charge in [-0.1, -0.05) is 43.3 Å².